The first kappa shape index (κ1) is 27.1. The van der Waals surface area contributed by atoms with Gasteiger partial charge in [0.05, 0.1) is 31.1 Å². The molecule has 0 unspecified atom stereocenters. The molecule has 6 rings (SSSR count). The number of nitrogens with two attached hydrogens (primary N) is 1. The zero-order valence-electron chi connectivity index (χ0n) is 22.9. The molecular weight excluding hydrogens is 554 g/mol. The molecule has 216 valence electrons. The lowest BCUT2D eigenvalue weighted by atomic mass is 10.2. The number of aromatic nitrogens is 5. The molecule has 14 heteroatoms. The van der Waals surface area contributed by atoms with E-state index in [9.17, 15) is 9.59 Å². The number of hydrogen-bond acceptors (Lipinski definition) is 12. The van der Waals surface area contributed by atoms with Crippen LogP contribution in [0.4, 0.5) is 11.5 Å². The number of ether oxygens (including phenoxy) is 2. The number of amides is 1. The van der Waals surface area contributed by atoms with Crippen molar-refractivity contribution in [3.63, 3.8) is 0 Å². The third-order valence-electron chi connectivity index (χ3n) is 6.80. The summed E-state index contributed by atoms with van der Waals surface area (Å²) < 4.78 is 17.1. The molecule has 0 radical (unpaired) electrons. The molecule has 0 saturated heterocycles. The fourth-order valence-electron chi connectivity index (χ4n) is 4.72. The Hall–Kier alpha value is -6.05. The maximum atomic E-state index is 13.4. The van der Waals surface area contributed by atoms with Crippen LogP contribution in [-0.4, -0.2) is 57.1 Å². The number of benzene rings is 3. The summed E-state index contributed by atoms with van der Waals surface area (Å²) in [4.78, 5) is 28.2. The fourth-order valence-corrected chi connectivity index (χ4v) is 4.72. The van der Waals surface area contributed by atoms with Crippen LogP contribution in [0.25, 0.3) is 5.82 Å². The highest BCUT2D eigenvalue weighted by molar-refractivity contribution is 5.96. The Morgan fingerprint density at radius 3 is 2.67 bits per heavy atom. The van der Waals surface area contributed by atoms with E-state index in [2.05, 4.69) is 42.1 Å². The van der Waals surface area contributed by atoms with Gasteiger partial charge in [0.15, 0.2) is 17.2 Å². The minimum Gasteiger partial charge on any atom is -0.493 e. The molecule has 3 heterocycles. The molecule has 0 aliphatic carbocycles. The van der Waals surface area contributed by atoms with Crippen molar-refractivity contribution in [2.24, 2.45) is 5.10 Å². The van der Waals surface area contributed by atoms with Crippen molar-refractivity contribution in [2.75, 3.05) is 24.3 Å². The van der Waals surface area contributed by atoms with Gasteiger partial charge >= 0.3 is 5.97 Å². The number of methoxy groups -OCH3 is 1. The number of hydrazone groups is 1. The Bertz CT molecular complexity index is 1820. The van der Waals surface area contributed by atoms with Gasteiger partial charge in [-0.25, -0.2) is 14.8 Å². The summed E-state index contributed by atoms with van der Waals surface area (Å²) in [6.07, 6.45) is 2.20. The van der Waals surface area contributed by atoms with E-state index >= 15 is 0 Å². The predicted octanol–water partition coefficient (Wildman–Crippen LogP) is 2.79. The molecule has 2 aromatic heterocycles. The lowest BCUT2D eigenvalue weighted by Crippen LogP contribution is -2.26. The molecule has 0 fully saturated rings. The maximum Gasteiger partial charge on any atom is 0.343 e. The number of para-hydroxylation sites is 2. The van der Waals surface area contributed by atoms with Crippen LogP contribution in [0.3, 0.4) is 0 Å². The number of rotatable bonds is 9. The highest BCUT2D eigenvalue weighted by Gasteiger charge is 2.28. The number of nitrogen functional groups attached to an aromatic ring is 1. The van der Waals surface area contributed by atoms with Crippen molar-refractivity contribution in [3.8, 4) is 17.3 Å². The van der Waals surface area contributed by atoms with Crippen LogP contribution < -0.4 is 25.5 Å². The second kappa shape index (κ2) is 11.8. The quantitative estimate of drug-likeness (QED) is 0.114. The standard InChI is InChI=1S/C29H25N9O5/c1-41-23-13-7-11-20(25(23)42-29(40)19-9-3-2-4-10-19)16-31-33-28(39)24-22(38(36-32-24)27-26(30)34-43-35-27)17-37-15-14-18-8-5-6-12-21(18)37/h2-13,16H,14-15,17H2,1H3,(H2,30,34)(H,33,39)/b31-16-. The Kier molecular flexibility index (Phi) is 7.46. The number of hydrogen-bond donors (Lipinski definition) is 2. The number of fused-ring (bicyclic) bond motifs is 1. The van der Waals surface area contributed by atoms with Gasteiger partial charge in [0.25, 0.3) is 5.91 Å². The zero-order valence-corrected chi connectivity index (χ0v) is 22.9. The lowest BCUT2D eigenvalue weighted by Gasteiger charge is -2.19. The number of anilines is 2. The van der Waals surface area contributed by atoms with E-state index in [4.69, 9.17) is 19.8 Å². The summed E-state index contributed by atoms with van der Waals surface area (Å²) in [5.74, 6) is -0.645. The number of carbonyl (C=O) groups excluding carboxylic acids is 2. The molecule has 0 atom stereocenters. The molecule has 0 bridgehead atoms. The molecule has 1 aliphatic rings. The Balaban J connectivity index is 1.26. The van der Waals surface area contributed by atoms with Crippen LogP contribution in [-0.2, 0) is 13.0 Å². The summed E-state index contributed by atoms with van der Waals surface area (Å²) in [5, 5.41) is 19.8. The molecule has 3 N–H and O–H groups in total. The van der Waals surface area contributed by atoms with Gasteiger partial charge in [-0.15, -0.1) is 5.10 Å². The predicted molar refractivity (Wildman–Crippen MR) is 154 cm³/mol. The molecule has 14 nitrogen and oxygen atoms in total. The van der Waals surface area contributed by atoms with Crippen LogP contribution in [0.1, 0.15) is 37.7 Å². The monoisotopic (exact) mass is 579 g/mol. The second-order valence-corrected chi connectivity index (χ2v) is 9.40. The number of esters is 1. The second-order valence-electron chi connectivity index (χ2n) is 9.40. The van der Waals surface area contributed by atoms with Gasteiger partial charge in [-0.3, -0.25) is 4.79 Å². The minimum atomic E-state index is -0.634. The van der Waals surface area contributed by atoms with Crippen LogP contribution in [0.5, 0.6) is 11.5 Å². The summed E-state index contributed by atoms with van der Waals surface area (Å²) in [6.45, 7) is 1.01. The average molecular weight is 580 g/mol. The number of nitrogens with zero attached hydrogens (tertiary/aromatic N) is 7. The largest absolute Gasteiger partial charge is 0.493 e. The van der Waals surface area contributed by atoms with Crippen LogP contribution in [0.2, 0.25) is 0 Å². The lowest BCUT2D eigenvalue weighted by molar-refractivity contribution is 0.0729. The number of carbonyl (C=O) groups is 2. The zero-order chi connectivity index (χ0) is 29.8. The minimum absolute atomic E-state index is 0.00491. The SMILES string of the molecule is COc1cccc(/C=N\NC(=O)c2nnn(-c3nonc3N)c2CN2CCc3ccccc32)c1OC(=O)c1ccccc1. The van der Waals surface area contributed by atoms with Crippen LogP contribution in [0.15, 0.2) is 82.5 Å². The van der Waals surface area contributed by atoms with Gasteiger partial charge in [0.1, 0.15) is 0 Å². The summed E-state index contributed by atoms with van der Waals surface area (Å²) in [5.41, 5.74) is 11.8. The summed E-state index contributed by atoms with van der Waals surface area (Å²) in [7, 11) is 1.46. The normalized spacial score (nSPS) is 12.3. The van der Waals surface area contributed by atoms with Crippen molar-refractivity contribution in [1.82, 2.24) is 30.7 Å². The van der Waals surface area contributed by atoms with Crippen molar-refractivity contribution in [3.05, 3.63) is 101 Å². The van der Waals surface area contributed by atoms with Gasteiger partial charge < -0.3 is 20.1 Å². The summed E-state index contributed by atoms with van der Waals surface area (Å²) in [6, 6.07) is 21.6. The first-order valence-electron chi connectivity index (χ1n) is 13.2. The van der Waals surface area contributed by atoms with E-state index in [1.807, 2.05) is 18.2 Å². The molecule has 43 heavy (non-hydrogen) atoms. The molecule has 5 aromatic rings. The first-order chi connectivity index (χ1) is 21.0. The van der Waals surface area contributed by atoms with E-state index in [1.165, 1.54) is 23.6 Å². The maximum absolute atomic E-state index is 13.4. The van der Waals surface area contributed by atoms with E-state index in [0.29, 0.717) is 22.6 Å². The Labute approximate surface area is 244 Å². The van der Waals surface area contributed by atoms with Gasteiger partial charge in [-0.1, -0.05) is 47.7 Å². The third-order valence-corrected chi connectivity index (χ3v) is 6.80. The highest BCUT2D eigenvalue weighted by atomic mass is 16.6. The molecule has 1 aliphatic heterocycles. The smallest absolute Gasteiger partial charge is 0.343 e. The first-order valence-corrected chi connectivity index (χ1v) is 13.2. The van der Waals surface area contributed by atoms with Crippen molar-refractivity contribution < 1.29 is 23.7 Å². The highest BCUT2D eigenvalue weighted by Crippen LogP contribution is 2.32. The van der Waals surface area contributed by atoms with Gasteiger partial charge in [-0.05, 0) is 52.6 Å². The van der Waals surface area contributed by atoms with Crippen molar-refractivity contribution >= 4 is 29.6 Å². The average Bonchev–Trinajstić information content (AvgIpc) is 3.77. The molecular formula is C29H25N9O5. The van der Waals surface area contributed by atoms with Crippen LogP contribution >= 0.6 is 0 Å². The van der Waals surface area contributed by atoms with Gasteiger partial charge in [0, 0.05) is 17.8 Å². The van der Waals surface area contributed by atoms with Crippen molar-refractivity contribution in [2.45, 2.75) is 13.0 Å². The molecule has 1 amide bonds. The Morgan fingerprint density at radius 1 is 1.07 bits per heavy atom. The molecule has 3 aromatic carbocycles. The topological polar surface area (TPSA) is 176 Å². The molecule has 0 spiro atoms. The van der Waals surface area contributed by atoms with Gasteiger partial charge in [0.2, 0.25) is 11.6 Å². The molecule has 0 saturated carbocycles. The fraction of sp³-hybridized carbons (Fsp3) is 0.138. The third kappa shape index (κ3) is 5.48. The van der Waals surface area contributed by atoms with E-state index < -0.39 is 11.9 Å². The van der Waals surface area contributed by atoms with E-state index in [0.717, 1.165) is 18.7 Å². The summed E-state index contributed by atoms with van der Waals surface area (Å²) >= 11 is 0. The number of nitrogens with one attached hydrogen (secondary N) is 1. The van der Waals surface area contributed by atoms with E-state index in [1.54, 1.807) is 48.5 Å². The van der Waals surface area contributed by atoms with E-state index in [-0.39, 0.29) is 29.6 Å². The van der Waals surface area contributed by atoms with Crippen LogP contribution in [0, 0.1) is 0 Å². The van der Waals surface area contributed by atoms with Crippen molar-refractivity contribution in [1.29, 1.82) is 0 Å². The van der Waals surface area contributed by atoms with Gasteiger partial charge in [-0.2, -0.15) is 9.78 Å². The Morgan fingerprint density at radius 2 is 1.88 bits per heavy atom.